The van der Waals surface area contributed by atoms with Crippen LogP contribution in [-0.4, -0.2) is 19.6 Å². The normalized spacial score (nSPS) is 11.0. The average Bonchev–Trinajstić information content (AvgIpc) is 2.38. The summed E-state index contributed by atoms with van der Waals surface area (Å²) in [6.45, 7) is 8.36. The minimum Gasteiger partial charge on any atom is -0.372 e. The van der Waals surface area contributed by atoms with Crippen LogP contribution in [0.5, 0.6) is 0 Å². The van der Waals surface area contributed by atoms with Gasteiger partial charge < -0.3 is 10.2 Å². The first-order valence-electron chi connectivity index (χ1n) is 6.85. The molecule has 0 heterocycles. The molecule has 0 aromatic heterocycles. The summed E-state index contributed by atoms with van der Waals surface area (Å²) in [5.41, 5.74) is 2.37. The highest BCUT2D eigenvalue weighted by Crippen LogP contribution is 2.25. The summed E-state index contributed by atoms with van der Waals surface area (Å²) in [4.78, 5) is 2.32. The van der Waals surface area contributed by atoms with E-state index in [0.717, 1.165) is 31.0 Å². The Balaban J connectivity index is 2.82. The van der Waals surface area contributed by atoms with Gasteiger partial charge in [0, 0.05) is 30.3 Å². The maximum atomic E-state index is 6.33. The molecule has 3 heteroatoms. The van der Waals surface area contributed by atoms with Gasteiger partial charge in [-0.2, -0.15) is 0 Å². The van der Waals surface area contributed by atoms with Gasteiger partial charge in [0.2, 0.25) is 0 Å². The van der Waals surface area contributed by atoms with Gasteiger partial charge in [-0.1, -0.05) is 38.4 Å². The molecule has 0 aliphatic rings. The van der Waals surface area contributed by atoms with Crippen molar-refractivity contribution in [3.63, 3.8) is 0 Å². The van der Waals surface area contributed by atoms with Crippen LogP contribution in [-0.2, 0) is 6.54 Å². The standard InChI is InChI=1S/C15H25ClN2/c1-5-13(6-2)18(4)14-9-8-12(11-17-7-3)15(16)10-14/h8-10,13,17H,5-7,11H2,1-4H3. The second-order valence-corrected chi connectivity index (χ2v) is 5.04. The van der Waals surface area contributed by atoms with Crippen LogP contribution in [0, 0.1) is 0 Å². The zero-order valence-corrected chi connectivity index (χ0v) is 12.7. The van der Waals surface area contributed by atoms with Crippen molar-refractivity contribution in [2.24, 2.45) is 0 Å². The Bertz CT molecular complexity index is 362. The van der Waals surface area contributed by atoms with Gasteiger partial charge in [0.05, 0.1) is 0 Å². The van der Waals surface area contributed by atoms with Gasteiger partial charge in [-0.05, 0) is 37.1 Å². The first-order chi connectivity index (χ1) is 8.63. The number of hydrogen-bond acceptors (Lipinski definition) is 2. The largest absolute Gasteiger partial charge is 0.372 e. The minimum atomic E-state index is 0.584. The Morgan fingerprint density at radius 3 is 2.39 bits per heavy atom. The van der Waals surface area contributed by atoms with Crippen molar-refractivity contribution in [1.82, 2.24) is 5.32 Å². The monoisotopic (exact) mass is 268 g/mol. The molecule has 0 radical (unpaired) electrons. The van der Waals surface area contributed by atoms with E-state index in [1.54, 1.807) is 0 Å². The van der Waals surface area contributed by atoms with E-state index in [2.05, 4.69) is 56.2 Å². The molecule has 0 saturated carbocycles. The number of anilines is 1. The summed E-state index contributed by atoms with van der Waals surface area (Å²) in [7, 11) is 2.15. The quantitative estimate of drug-likeness (QED) is 0.802. The van der Waals surface area contributed by atoms with Crippen LogP contribution >= 0.6 is 11.6 Å². The fraction of sp³-hybridized carbons (Fsp3) is 0.600. The molecule has 0 saturated heterocycles. The molecule has 0 aliphatic heterocycles. The highest BCUT2D eigenvalue weighted by Gasteiger charge is 2.12. The number of halogens is 1. The Hall–Kier alpha value is -0.730. The highest BCUT2D eigenvalue weighted by atomic mass is 35.5. The van der Waals surface area contributed by atoms with Gasteiger partial charge in [0.25, 0.3) is 0 Å². The van der Waals surface area contributed by atoms with Gasteiger partial charge in [-0.3, -0.25) is 0 Å². The third kappa shape index (κ3) is 3.89. The zero-order chi connectivity index (χ0) is 13.5. The third-order valence-corrected chi connectivity index (χ3v) is 3.85. The number of nitrogens with one attached hydrogen (secondary N) is 1. The minimum absolute atomic E-state index is 0.584. The lowest BCUT2D eigenvalue weighted by Gasteiger charge is -2.28. The molecule has 1 aromatic carbocycles. The van der Waals surface area contributed by atoms with Crippen LogP contribution in [0.15, 0.2) is 18.2 Å². The Kier molecular flexibility index (Phi) is 6.51. The first kappa shape index (κ1) is 15.3. The molecule has 0 unspecified atom stereocenters. The maximum Gasteiger partial charge on any atom is 0.0471 e. The summed E-state index contributed by atoms with van der Waals surface area (Å²) in [6, 6.07) is 6.95. The molecule has 102 valence electrons. The third-order valence-electron chi connectivity index (χ3n) is 3.50. The fourth-order valence-electron chi connectivity index (χ4n) is 2.21. The fourth-order valence-corrected chi connectivity index (χ4v) is 2.45. The molecular formula is C15H25ClN2. The van der Waals surface area contributed by atoms with E-state index in [-0.39, 0.29) is 0 Å². The summed E-state index contributed by atoms with van der Waals surface area (Å²) >= 11 is 6.33. The van der Waals surface area contributed by atoms with E-state index >= 15 is 0 Å². The molecule has 1 rings (SSSR count). The van der Waals surface area contributed by atoms with E-state index < -0.39 is 0 Å². The number of benzene rings is 1. The van der Waals surface area contributed by atoms with Gasteiger partial charge in [-0.25, -0.2) is 0 Å². The Labute approximate surface area is 116 Å². The van der Waals surface area contributed by atoms with Gasteiger partial charge in [0.15, 0.2) is 0 Å². The number of nitrogens with zero attached hydrogens (tertiary/aromatic N) is 1. The van der Waals surface area contributed by atoms with Gasteiger partial charge in [0.1, 0.15) is 0 Å². The summed E-state index contributed by atoms with van der Waals surface area (Å²) in [5.74, 6) is 0. The van der Waals surface area contributed by atoms with Crippen molar-refractivity contribution in [3.05, 3.63) is 28.8 Å². The summed E-state index contributed by atoms with van der Waals surface area (Å²) in [6.07, 6.45) is 2.31. The molecule has 0 spiro atoms. The van der Waals surface area contributed by atoms with Crippen LogP contribution in [0.1, 0.15) is 39.2 Å². The molecular weight excluding hydrogens is 244 g/mol. The van der Waals surface area contributed by atoms with E-state index in [9.17, 15) is 0 Å². The molecule has 0 amide bonds. The van der Waals surface area contributed by atoms with Crippen molar-refractivity contribution >= 4 is 17.3 Å². The molecule has 0 aliphatic carbocycles. The smallest absolute Gasteiger partial charge is 0.0471 e. The Morgan fingerprint density at radius 2 is 1.89 bits per heavy atom. The molecule has 1 aromatic rings. The number of hydrogen-bond donors (Lipinski definition) is 1. The van der Waals surface area contributed by atoms with Crippen LogP contribution < -0.4 is 10.2 Å². The van der Waals surface area contributed by atoms with Crippen LogP contribution in [0.2, 0.25) is 5.02 Å². The summed E-state index contributed by atoms with van der Waals surface area (Å²) < 4.78 is 0. The van der Waals surface area contributed by atoms with E-state index in [4.69, 9.17) is 11.6 Å². The predicted octanol–water partition coefficient (Wildman–Crippen LogP) is 4.07. The maximum absolute atomic E-state index is 6.33. The van der Waals surface area contributed by atoms with E-state index in [1.165, 1.54) is 11.3 Å². The first-order valence-corrected chi connectivity index (χ1v) is 7.23. The van der Waals surface area contributed by atoms with Crippen LogP contribution in [0.4, 0.5) is 5.69 Å². The van der Waals surface area contributed by atoms with E-state index in [1.807, 2.05) is 0 Å². The second-order valence-electron chi connectivity index (χ2n) is 4.64. The van der Waals surface area contributed by atoms with Crippen LogP contribution in [0.25, 0.3) is 0 Å². The second kappa shape index (κ2) is 7.65. The van der Waals surface area contributed by atoms with Gasteiger partial charge >= 0.3 is 0 Å². The molecule has 2 nitrogen and oxygen atoms in total. The van der Waals surface area contributed by atoms with Crippen LogP contribution in [0.3, 0.4) is 0 Å². The highest BCUT2D eigenvalue weighted by molar-refractivity contribution is 6.31. The zero-order valence-electron chi connectivity index (χ0n) is 12.0. The van der Waals surface area contributed by atoms with Gasteiger partial charge in [-0.15, -0.1) is 0 Å². The topological polar surface area (TPSA) is 15.3 Å². The average molecular weight is 269 g/mol. The summed E-state index contributed by atoms with van der Waals surface area (Å²) in [5, 5.41) is 4.15. The molecule has 0 atom stereocenters. The van der Waals surface area contributed by atoms with Crippen molar-refractivity contribution in [3.8, 4) is 0 Å². The predicted molar refractivity (Wildman–Crippen MR) is 81.6 cm³/mol. The molecule has 0 fully saturated rings. The van der Waals surface area contributed by atoms with Crippen molar-refractivity contribution < 1.29 is 0 Å². The van der Waals surface area contributed by atoms with Crippen molar-refractivity contribution in [2.45, 2.75) is 46.2 Å². The number of rotatable bonds is 7. The molecule has 1 N–H and O–H groups in total. The lowest BCUT2D eigenvalue weighted by atomic mass is 10.1. The Morgan fingerprint density at radius 1 is 1.22 bits per heavy atom. The van der Waals surface area contributed by atoms with Crippen molar-refractivity contribution in [1.29, 1.82) is 0 Å². The molecule has 0 bridgehead atoms. The van der Waals surface area contributed by atoms with Crippen molar-refractivity contribution in [2.75, 3.05) is 18.5 Å². The SMILES string of the molecule is CCNCc1ccc(N(C)C(CC)CC)cc1Cl. The van der Waals surface area contributed by atoms with E-state index in [0.29, 0.717) is 6.04 Å². The molecule has 18 heavy (non-hydrogen) atoms. The lowest BCUT2D eigenvalue weighted by Crippen LogP contribution is -2.30. The lowest BCUT2D eigenvalue weighted by molar-refractivity contribution is 0.591.